The van der Waals surface area contributed by atoms with E-state index in [1.54, 1.807) is 0 Å². The minimum atomic E-state index is 0.00329. The fourth-order valence-electron chi connectivity index (χ4n) is 2.91. The summed E-state index contributed by atoms with van der Waals surface area (Å²) in [5.74, 6) is 0.0163. The van der Waals surface area contributed by atoms with E-state index < -0.39 is 0 Å². The van der Waals surface area contributed by atoms with Gasteiger partial charge in [0.15, 0.2) is 0 Å². The van der Waals surface area contributed by atoms with E-state index in [4.69, 9.17) is 5.73 Å². The molecular weight excluding hydrogens is 352 g/mol. The second kappa shape index (κ2) is 11.9. The van der Waals surface area contributed by atoms with Crippen LogP contribution < -0.4 is 22.1 Å². The van der Waals surface area contributed by atoms with Gasteiger partial charge in [0.1, 0.15) is 0 Å². The van der Waals surface area contributed by atoms with Crippen molar-refractivity contribution < 1.29 is 15.3 Å². The Kier molecular flexibility index (Phi) is 9.18. The molecule has 0 aromatic heterocycles. The van der Waals surface area contributed by atoms with Crippen LogP contribution in [-0.2, 0) is 35.8 Å². The van der Waals surface area contributed by atoms with Crippen LogP contribution in [0.1, 0.15) is 47.9 Å². The Morgan fingerprint density at radius 2 is 1.25 bits per heavy atom. The van der Waals surface area contributed by atoms with Crippen LogP contribution in [0.15, 0.2) is 48.5 Å². The fourth-order valence-corrected chi connectivity index (χ4v) is 2.91. The SMILES string of the molecule is NCc1cccc(CNC(=O)CCCCC(=O)NCc2cccc(C[NH3+])c2)c1. The number of nitrogens with one attached hydrogen (secondary N) is 2. The van der Waals surface area contributed by atoms with E-state index >= 15 is 0 Å². The van der Waals surface area contributed by atoms with Crippen LogP contribution in [0.5, 0.6) is 0 Å². The van der Waals surface area contributed by atoms with Gasteiger partial charge in [0, 0.05) is 38.0 Å². The van der Waals surface area contributed by atoms with E-state index in [0.29, 0.717) is 45.3 Å². The number of nitrogens with two attached hydrogens (primary N) is 1. The molecule has 7 N–H and O–H groups in total. The van der Waals surface area contributed by atoms with Gasteiger partial charge in [-0.1, -0.05) is 42.5 Å². The maximum Gasteiger partial charge on any atom is 0.220 e. The van der Waals surface area contributed by atoms with Crippen molar-refractivity contribution in [1.82, 2.24) is 10.6 Å². The van der Waals surface area contributed by atoms with Crippen molar-refractivity contribution in [2.75, 3.05) is 0 Å². The molecule has 150 valence electrons. The van der Waals surface area contributed by atoms with Gasteiger partial charge in [0.05, 0.1) is 6.54 Å². The molecule has 6 heteroatoms. The Morgan fingerprint density at radius 1 is 0.786 bits per heavy atom. The third kappa shape index (κ3) is 7.90. The molecule has 0 saturated carbocycles. The highest BCUT2D eigenvalue weighted by Crippen LogP contribution is 2.06. The highest BCUT2D eigenvalue weighted by Gasteiger charge is 2.05. The molecule has 0 aliphatic heterocycles. The predicted octanol–water partition coefficient (Wildman–Crippen LogP) is 1.38. The Morgan fingerprint density at radius 3 is 1.75 bits per heavy atom. The summed E-state index contributed by atoms with van der Waals surface area (Å²) in [5, 5.41) is 5.84. The van der Waals surface area contributed by atoms with Gasteiger partial charge >= 0.3 is 0 Å². The molecule has 2 rings (SSSR count). The summed E-state index contributed by atoms with van der Waals surface area (Å²) in [6, 6.07) is 15.9. The molecule has 0 bridgehead atoms. The van der Waals surface area contributed by atoms with Gasteiger partial charge in [-0.15, -0.1) is 0 Å². The summed E-state index contributed by atoms with van der Waals surface area (Å²) in [4.78, 5) is 23.9. The Hall–Kier alpha value is -2.70. The summed E-state index contributed by atoms with van der Waals surface area (Å²) in [6.07, 6.45) is 2.25. The number of rotatable bonds is 11. The van der Waals surface area contributed by atoms with Crippen LogP contribution >= 0.6 is 0 Å². The monoisotopic (exact) mass is 383 g/mol. The van der Waals surface area contributed by atoms with Crippen molar-refractivity contribution in [3.63, 3.8) is 0 Å². The summed E-state index contributed by atoms with van der Waals surface area (Å²) < 4.78 is 0. The van der Waals surface area contributed by atoms with Crippen molar-refractivity contribution in [3.8, 4) is 0 Å². The topological polar surface area (TPSA) is 112 Å². The zero-order chi connectivity index (χ0) is 20.2. The number of benzene rings is 2. The number of carbonyl (C=O) groups is 2. The van der Waals surface area contributed by atoms with Crippen LogP contribution in [-0.4, -0.2) is 11.8 Å². The van der Waals surface area contributed by atoms with E-state index in [1.807, 2.05) is 42.5 Å². The van der Waals surface area contributed by atoms with Crippen LogP contribution in [0.2, 0.25) is 0 Å². The Labute approximate surface area is 166 Å². The summed E-state index contributed by atoms with van der Waals surface area (Å²) in [5.41, 5.74) is 13.8. The largest absolute Gasteiger partial charge is 0.354 e. The predicted molar refractivity (Wildman–Crippen MR) is 110 cm³/mol. The molecule has 0 fully saturated rings. The van der Waals surface area contributed by atoms with Crippen molar-refractivity contribution in [2.24, 2.45) is 5.73 Å². The first-order chi connectivity index (χ1) is 13.6. The molecule has 2 aromatic rings. The first-order valence-corrected chi connectivity index (χ1v) is 9.79. The number of amides is 2. The van der Waals surface area contributed by atoms with Gasteiger partial charge in [0.25, 0.3) is 0 Å². The van der Waals surface area contributed by atoms with Crippen LogP contribution in [0.3, 0.4) is 0 Å². The fraction of sp³-hybridized carbons (Fsp3) is 0.364. The van der Waals surface area contributed by atoms with Crippen molar-refractivity contribution in [2.45, 2.75) is 51.9 Å². The second-order valence-electron chi connectivity index (χ2n) is 6.85. The van der Waals surface area contributed by atoms with Crippen LogP contribution in [0, 0.1) is 0 Å². The normalized spacial score (nSPS) is 10.5. The first-order valence-electron chi connectivity index (χ1n) is 9.79. The number of quaternary nitrogens is 1. The molecule has 28 heavy (non-hydrogen) atoms. The summed E-state index contributed by atoms with van der Waals surface area (Å²) in [6.45, 7) is 2.25. The van der Waals surface area contributed by atoms with Gasteiger partial charge in [-0.3, -0.25) is 9.59 Å². The Bertz CT molecular complexity index is 711. The van der Waals surface area contributed by atoms with E-state index in [2.05, 4.69) is 22.4 Å². The van der Waals surface area contributed by atoms with E-state index in [0.717, 1.165) is 28.8 Å². The lowest BCUT2D eigenvalue weighted by Gasteiger charge is -2.08. The zero-order valence-corrected chi connectivity index (χ0v) is 16.4. The summed E-state index contributed by atoms with van der Waals surface area (Å²) >= 11 is 0. The maximum absolute atomic E-state index is 12.0. The molecule has 6 nitrogen and oxygen atoms in total. The minimum Gasteiger partial charge on any atom is -0.354 e. The highest BCUT2D eigenvalue weighted by atomic mass is 16.2. The third-order valence-electron chi connectivity index (χ3n) is 4.54. The van der Waals surface area contributed by atoms with Gasteiger partial charge in [-0.05, 0) is 35.6 Å². The highest BCUT2D eigenvalue weighted by molar-refractivity contribution is 5.77. The molecule has 0 spiro atoms. The van der Waals surface area contributed by atoms with Gasteiger partial charge in [0.2, 0.25) is 11.8 Å². The molecular formula is C22H31N4O2+. The molecule has 0 aliphatic carbocycles. The lowest BCUT2D eigenvalue weighted by Crippen LogP contribution is -2.47. The molecule has 0 radical (unpaired) electrons. The average Bonchev–Trinajstić information content (AvgIpc) is 2.74. The molecule has 0 unspecified atom stereocenters. The minimum absolute atomic E-state index is 0.00329. The quantitative estimate of drug-likeness (QED) is 0.440. The average molecular weight is 384 g/mol. The number of hydrogen-bond donors (Lipinski definition) is 4. The van der Waals surface area contributed by atoms with Gasteiger partial charge in [-0.2, -0.15) is 0 Å². The van der Waals surface area contributed by atoms with Crippen molar-refractivity contribution in [1.29, 1.82) is 0 Å². The molecule has 2 aromatic carbocycles. The smallest absolute Gasteiger partial charge is 0.220 e. The molecule has 2 amide bonds. The second-order valence-corrected chi connectivity index (χ2v) is 6.85. The lowest BCUT2D eigenvalue weighted by molar-refractivity contribution is -0.386. The zero-order valence-electron chi connectivity index (χ0n) is 16.4. The molecule has 0 aliphatic rings. The van der Waals surface area contributed by atoms with E-state index in [1.165, 1.54) is 0 Å². The van der Waals surface area contributed by atoms with E-state index in [9.17, 15) is 9.59 Å². The molecule has 0 saturated heterocycles. The van der Waals surface area contributed by atoms with Crippen LogP contribution in [0.4, 0.5) is 0 Å². The van der Waals surface area contributed by atoms with Crippen molar-refractivity contribution >= 4 is 11.8 Å². The van der Waals surface area contributed by atoms with Crippen LogP contribution in [0.25, 0.3) is 0 Å². The Balaban J connectivity index is 1.58. The van der Waals surface area contributed by atoms with Crippen molar-refractivity contribution in [3.05, 3.63) is 70.8 Å². The van der Waals surface area contributed by atoms with Gasteiger partial charge < -0.3 is 22.1 Å². The maximum atomic E-state index is 12.0. The van der Waals surface area contributed by atoms with Gasteiger partial charge in [-0.25, -0.2) is 0 Å². The number of unbranched alkanes of at least 4 members (excludes halogenated alkanes) is 1. The lowest BCUT2D eigenvalue weighted by atomic mass is 10.1. The standard InChI is InChI=1S/C22H30N4O2/c23-13-17-5-3-7-19(11-17)15-25-21(27)9-1-2-10-22(28)26-16-20-8-4-6-18(12-20)14-24/h3-8,11-12H,1-2,9-10,13-16,23-24H2,(H,25,27)(H,26,28)/p+1. The van der Waals surface area contributed by atoms with E-state index in [-0.39, 0.29) is 11.8 Å². The summed E-state index contributed by atoms with van der Waals surface area (Å²) in [7, 11) is 0. The number of hydrogen-bond acceptors (Lipinski definition) is 3. The molecule has 0 atom stereocenters. The third-order valence-corrected chi connectivity index (χ3v) is 4.54. The molecule has 0 heterocycles. The number of carbonyl (C=O) groups excluding carboxylic acids is 2. The first kappa shape index (κ1) is 21.6.